The van der Waals surface area contributed by atoms with Gasteiger partial charge in [-0.05, 0) is 54.3 Å². The lowest BCUT2D eigenvalue weighted by atomic mass is 9.97. The first-order chi connectivity index (χ1) is 14.8. The second kappa shape index (κ2) is 8.77. The molecule has 1 fully saturated rings. The molecule has 0 spiro atoms. The third-order valence-electron chi connectivity index (χ3n) is 5.73. The number of aromatic nitrogens is 1. The fourth-order valence-electron chi connectivity index (χ4n) is 4.00. The average molecular weight is 456 g/mol. The Morgan fingerprint density at radius 2 is 2.06 bits per heavy atom. The summed E-state index contributed by atoms with van der Waals surface area (Å²) in [5.74, 6) is -1.63. The third kappa shape index (κ3) is 4.34. The van der Waals surface area contributed by atoms with Crippen molar-refractivity contribution >= 4 is 52.1 Å². The van der Waals surface area contributed by atoms with Crippen LogP contribution >= 0.6 is 23.2 Å². The maximum absolute atomic E-state index is 12.7. The van der Waals surface area contributed by atoms with Gasteiger partial charge in [-0.25, -0.2) is 0 Å². The standard InChI is InChI=1S/C24H21Cl2N2O3/c1-27-12-10-16-13-15(4-8-21(16)27)18-5-7-20(25)23(26)19(18)6-9-22(29)28-11-2-3-17(14-28)24(30)31/h4-6,8-10,12-13,17H,2-3,11,14H2,1H3,(H,30,31)/b9-6+. The summed E-state index contributed by atoms with van der Waals surface area (Å²) < 4.78 is 2.04. The van der Waals surface area contributed by atoms with Crippen molar-refractivity contribution in [1.82, 2.24) is 9.47 Å². The van der Waals surface area contributed by atoms with Gasteiger partial charge in [0, 0.05) is 54.9 Å². The van der Waals surface area contributed by atoms with E-state index in [4.69, 9.17) is 23.2 Å². The number of carboxylic acids is 1. The summed E-state index contributed by atoms with van der Waals surface area (Å²) >= 11 is 12.7. The lowest BCUT2D eigenvalue weighted by Gasteiger charge is -2.29. The maximum Gasteiger partial charge on any atom is 0.308 e. The number of carbonyl (C=O) groups excluding carboxylic acids is 1. The predicted octanol–water partition coefficient (Wildman–Crippen LogP) is 5.29. The van der Waals surface area contributed by atoms with Crippen molar-refractivity contribution in [3.8, 4) is 11.1 Å². The normalized spacial score (nSPS) is 16.9. The average Bonchev–Trinajstić information content (AvgIpc) is 3.14. The number of benzene rings is 2. The molecular formula is C24H21Cl2N2O3. The molecule has 4 rings (SSSR count). The van der Waals surface area contributed by atoms with Gasteiger partial charge in [0.15, 0.2) is 0 Å². The van der Waals surface area contributed by atoms with E-state index in [1.54, 1.807) is 17.0 Å². The molecule has 0 aliphatic carbocycles. The summed E-state index contributed by atoms with van der Waals surface area (Å²) in [7, 11) is 1.99. The molecule has 2 heterocycles. The van der Waals surface area contributed by atoms with Gasteiger partial charge in [-0.1, -0.05) is 29.3 Å². The van der Waals surface area contributed by atoms with Crippen LogP contribution in [0.25, 0.3) is 28.1 Å². The SMILES string of the molecule is Cn1ccc2cc(-c3c[c]c(Cl)c(Cl)c3/C=C/C(=O)N3CCCC(C(=O)O)C3)ccc21. The van der Waals surface area contributed by atoms with Crippen molar-refractivity contribution < 1.29 is 14.7 Å². The van der Waals surface area contributed by atoms with Crippen molar-refractivity contribution in [1.29, 1.82) is 0 Å². The highest BCUT2D eigenvalue weighted by Crippen LogP contribution is 2.36. The number of fused-ring (bicyclic) bond motifs is 1. The predicted molar refractivity (Wildman–Crippen MR) is 123 cm³/mol. The van der Waals surface area contributed by atoms with Crippen LogP contribution in [0.1, 0.15) is 18.4 Å². The highest BCUT2D eigenvalue weighted by atomic mass is 35.5. The van der Waals surface area contributed by atoms with E-state index in [1.807, 2.05) is 36.0 Å². The van der Waals surface area contributed by atoms with Crippen LogP contribution in [0.4, 0.5) is 0 Å². The van der Waals surface area contributed by atoms with Crippen LogP contribution in [-0.4, -0.2) is 39.5 Å². The van der Waals surface area contributed by atoms with E-state index in [2.05, 4.69) is 12.1 Å². The van der Waals surface area contributed by atoms with Gasteiger partial charge < -0.3 is 14.6 Å². The summed E-state index contributed by atoms with van der Waals surface area (Å²) in [4.78, 5) is 25.6. The van der Waals surface area contributed by atoms with Gasteiger partial charge in [0.1, 0.15) is 0 Å². The Morgan fingerprint density at radius 3 is 2.84 bits per heavy atom. The van der Waals surface area contributed by atoms with Crippen molar-refractivity contribution in [3.05, 3.63) is 64.3 Å². The number of carbonyl (C=O) groups is 2. The Hall–Kier alpha value is -2.76. The molecule has 159 valence electrons. The van der Waals surface area contributed by atoms with Crippen molar-refractivity contribution in [3.63, 3.8) is 0 Å². The minimum atomic E-state index is -0.867. The van der Waals surface area contributed by atoms with E-state index < -0.39 is 11.9 Å². The monoisotopic (exact) mass is 455 g/mol. The van der Waals surface area contributed by atoms with Crippen LogP contribution in [0.3, 0.4) is 0 Å². The lowest BCUT2D eigenvalue weighted by molar-refractivity contribution is -0.144. The molecule has 0 bridgehead atoms. The Labute approximate surface area is 190 Å². The number of carboxylic acid groups (broad SMARTS) is 1. The molecule has 3 aromatic rings. The Kier molecular flexibility index (Phi) is 6.08. The van der Waals surface area contributed by atoms with Crippen molar-refractivity contribution in [2.24, 2.45) is 13.0 Å². The highest BCUT2D eigenvalue weighted by Gasteiger charge is 2.27. The Bertz CT molecular complexity index is 1200. The number of aliphatic carboxylic acids is 1. The van der Waals surface area contributed by atoms with E-state index in [0.717, 1.165) is 22.0 Å². The number of likely N-dealkylation sites (tertiary alicyclic amines) is 1. The van der Waals surface area contributed by atoms with Crippen LogP contribution in [0, 0.1) is 12.0 Å². The van der Waals surface area contributed by atoms with Crippen LogP contribution in [0.2, 0.25) is 10.0 Å². The molecule has 1 saturated heterocycles. The van der Waals surface area contributed by atoms with Crippen LogP contribution < -0.4 is 0 Å². The van der Waals surface area contributed by atoms with Crippen molar-refractivity contribution in [2.45, 2.75) is 12.8 Å². The van der Waals surface area contributed by atoms with Crippen molar-refractivity contribution in [2.75, 3.05) is 13.1 Å². The molecule has 31 heavy (non-hydrogen) atoms. The lowest BCUT2D eigenvalue weighted by Crippen LogP contribution is -2.41. The van der Waals surface area contributed by atoms with E-state index in [1.165, 1.54) is 6.08 Å². The van der Waals surface area contributed by atoms with E-state index >= 15 is 0 Å². The largest absolute Gasteiger partial charge is 0.481 e. The quantitative estimate of drug-likeness (QED) is 0.543. The maximum atomic E-state index is 12.7. The number of rotatable bonds is 4. The molecule has 1 radical (unpaired) electrons. The molecule has 7 heteroatoms. The molecule has 1 atom stereocenters. The second-order valence-electron chi connectivity index (χ2n) is 7.74. The van der Waals surface area contributed by atoms with E-state index in [0.29, 0.717) is 30.0 Å². The Balaban J connectivity index is 1.66. The summed E-state index contributed by atoms with van der Waals surface area (Å²) in [5, 5.41) is 10.9. The topological polar surface area (TPSA) is 62.5 Å². The van der Waals surface area contributed by atoms with Gasteiger partial charge in [-0.3, -0.25) is 9.59 Å². The minimum Gasteiger partial charge on any atom is -0.481 e. The molecule has 0 saturated carbocycles. The van der Waals surface area contributed by atoms with Crippen LogP contribution in [-0.2, 0) is 16.6 Å². The van der Waals surface area contributed by atoms with Crippen LogP contribution in [0.5, 0.6) is 0 Å². The number of nitrogens with zero attached hydrogens (tertiary/aromatic N) is 2. The molecule has 1 N–H and O–H groups in total. The first kappa shape index (κ1) is 21.5. The summed E-state index contributed by atoms with van der Waals surface area (Å²) in [6, 6.07) is 12.9. The first-order valence-electron chi connectivity index (χ1n) is 10.00. The van der Waals surface area contributed by atoms with Gasteiger partial charge in [-0.2, -0.15) is 0 Å². The Morgan fingerprint density at radius 1 is 1.26 bits per heavy atom. The number of hydrogen-bond donors (Lipinski definition) is 1. The minimum absolute atomic E-state index is 0.215. The third-order valence-corrected chi connectivity index (χ3v) is 6.52. The fraction of sp³-hybridized carbons (Fsp3) is 0.250. The molecule has 1 unspecified atom stereocenters. The van der Waals surface area contributed by atoms with Crippen LogP contribution in [0.15, 0.2) is 42.6 Å². The smallest absolute Gasteiger partial charge is 0.308 e. The molecule has 1 aliphatic rings. The van der Waals surface area contributed by atoms with Gasteiger partial charge in [-0.15, -0.1) is 0 Å². The summed E-state index contributed by atoms with van der Waals surface area (Å²) in [6.07, 6.45) is 6.35. The van der Waals surface area contributed by atoms with Gasteiger partial charge >= 0.3 is 5.97 Å². The fourth-order valence-corrected chi connectivity index (χ4v) is 4.38. The first-order valence-corrected chi connectivity index (χ1v) is 10.8. The molecule has 1 aromatic heterocycles. The molecule has 5 nitrogen and oxygen atoms in total. The summed E-state index contributed by atoms with van der Waals surface area (Å²) in [5.41, 5.74) is 3.48. The molecule has 1 amide bonds. The zero-order chi connectivity index (χ0) is 22.1. The number of aryl methyl sites for hydroxylation is 1. The molecule has 1 aliphatic heterocycles. The van der Waals surface area contributed by atoms with E-state index in [9.17, 15) is 14.7 Å². The second-order valence-corrected chi connectivity index (χ2v) is 8.50. The molecular weight excluding hydrogens is 435 g/mol. The number of piperidine rings is 1. The van der Waals surface area contributed by atoms with Gasteiger partial charge in [0.25, 0.3) is 0 Å². The van der Waals surface area contributed by atoms with E-state index in [-0.39, 0.29) is 17.5 Å². The highest BCUT2D eigenvalue weighted by molar-refractivity contribution is 6.43. The zero-order valence-electron chi connectivity index (χ0n) is 16.9. The number of amides is 1. The van der Waals surface area contributed by atoms with Gasteiger partial charge in [0.05, 0.1) is 16.0 Å². The molecule has 2 aromatic carbocycles. The summed E-state index contributed by atoms with van der Waals surface area (Å²) in [6.45, 7) is 0.759. The number of hydrogen-bond acceptors (Lipinski definition) is 2. The zero-order valence-corrected chi connectivity index (χ0v) is 18.5. The van der Waals surface area contributed by atoms with Gasteiger partial charge in [0.2, 0.25) is 5.91 Å². The number of halogens is 2.